The van der Waals surface area contributed by atoms with Crippen LogP contribution in [0.3, 0.4) is 0 Å². The van der Waals surface area contributed by atoms with E-state index in [9.17, 15) is 0 Å². The van der Waals surface area contributed by atoms with Gasteiger partial charge in [0.05, 0.1) is 6.54 Å². The van der Waals surface area contributed by atoms with Gasteiger partial charge in [0, 0.05) is 29.7 Å². The average Bonchev–Trinajstić information content (AvgIpc) is 2.96. The van der Waals surface area contributed by atoms with Gasteiger partial charge in [-0.1, -0.05) is 26.0 Å². The number of nitrogens with zero attached hydrogens (tertiary/aromatic N) is 2. The van der Waals surface area contributed by atoms with E-state index in [1.54, 1.807) is 11.3 Å². The van der Waals surface area contributed by atoms with Crippen molar-refractivity contribution < 1.29 is 0 Å². The molecule has 0 fully saturated rings. The lowest BCUT2D eigenvalue weighted by Crippen LogP contribution is -2.30. The van der Waals surface area contributed by atoms with Crippen LogP contribution in [0.4, 0.5) is 5.82 Å². The first-order valence-corrected chi connectivity index (χ1v) is 8.41. The summed E-state index contributed by atoms with van der Waals surface area (Å²) in [5, 5.41) is 5.54. The molecule has 0 bridgehead atoms. The fraction of sp³-hybridized carbons (Fsp3) is 0.471. The van der Waals surface area contributed by atoms with E-state index in [0.717, 1.165) is 18.9 Å². The van der Waals surface area contributed by atoms with E-state index in [4.69, 9.17) is 0 Å². The van der Waals surface area contributed by atoms with Crippen LogP contribution in [0.15, 0.2) is 35.8 Å². The summed E-state index contributed by atoms with van der Waals surface area (Å²) < 4.78 is 0. The second-order valence-corrected chi connectivity index (χ2v) is 6.89. The quantitative estimate of drug-likeness (QED) is 0.836. The van der Waals surface area contributed by atoms with Gasteiger partial charge in [-0.2, -0.15) is 0 Å². The highest BCUT2D eigenvalue weighted by atomic mass is 32.1. The lowest BCUT2D eigenvalue weighted by molar-refractivity contribution is 0.587. The van der Waals surface area contributed by atoms with Crippen molar-refractivity contribution in [2.45, 2.75) is 52.9 Å². The Morgan fingerprint density at radius 2 is 2.00 bits per heavy atom. The molecule has 0 aromatic carbocycles. The Labute approximate surface area is 132 Å². The first kappa shape index (κ1) is 16.0. The fourth-order valence-electron chi connectivity index (χ4n) is 2.11. The summed E-state index contributed by atoms with van der Waals surface area (Å²) in [5.41, 5.74) is 1.23. The topological polar surface area (TPSA) is 28.2 Å². The highest BCUT2D eigenvalue weighted by molar-refractivity contribution is 7.09. The minimum Gasteiger partial charge on any atom is -0.349 e. The van der Waals surface area contributed by atoms with Gasteiger partial charge < -0.3 is 10.2 Å². The lowest BCUT2D eigenvalue weighted by Gasteiger charge is -2.27. The molecule has 0 saturated carbocycles. The summed E-state index contributed by atoms with van der Waals surface area (Å²) >= 11 is 1.80. The van der Waals surface area contributed by atoms with Crippen LogP contribution in [-0.4, -0.2) is 17.1 Å². The molecule has 0 unspecified atom stereocenters. The summed E-state index contributed by atoms with van der Waals surface area (Å²) in [4.78, 5) is 8.36. The predicted molar refractivity (Wildman–Crippen MR) is 91.9 cm³/mol. The van der Waals surface area contributed by atoms with Crippen LogP contribution in [0.2, 0.25) is 0 Å². The number of hydrogen-bond acceptors (Lipinski definition) is 4. The molecule has 2 aromatic heterocycles. The summed E-state index contributed by atoms with van der Waals surface area (Å²) in [6, 6.07) is 9.51. The Kier molecular flexibility index (Phi) is 5.76. The van der Waals surface area contributed by atoms with E-state index in [0.29, 0.717) is 12.1 Å². The van der Waals surface area contributed by atoms with E-state index in [1.165, 1.54) is 10.4 Å². The number of nitrogens with one attached hydrogen (secondary N) is 1. The van der Waals surface area contributed by atoms with Gasteiger partial charge in [0.1, 0.15) is 5.82 Å². The molecule has 2 heterocycles. The molecule has 2 rings (SSSR count). The normalized spacial score (nSPS) is 11.3. The summed E-state index contributed by atoms with van der Waals surface area (Å²) in [6.45, 7) is 10.5. The molecule has 3 nitrogen and oxygen atoms in total. The van der Waals surface area contributed by atoms with Crippen molar-refractivity contribution in [3.8, 4) is 0 Å². The Morgan fingerprint density at radius 3 is 2.52 bits per heavy atom. The average molecular weight is 303 g/mol. The fourth-order valence-corrected chi connectivity index (χ4v) is 2.81. The van der Waals surface area contributed by atoms with Gasteiger partial charge in [-0.05, 0) is 36.9 Å². The van der Waals surface area contributed by atoms with Gasteiger partial charge >= 0.3 is 0 Å². The lowest BCUT2D eigenvalue weighted by atomic mass is 10.2. The molecule has 1 N–H and O–H groups in total. The van der Waals surface area contributed by atoms with E-state index >= 15 is 0 Å². The minimum absolute atomic E-state index is 0.430. The number of rotatable bonds is 7. The zero-order chi connectivity index (χ0) is 15.2. The third-order valence-electron chi connectivity index (χ3n) is 3.35. The van der Waals surface area contributed by atoms with Crippen LogP contribution in [0, 0.1) is 0 Å². The molecule has 21 heavy (non-hydrogen) atoms. The second kappa shape index (κ2) is 7.57. The number of thiophene rings is 1. The smallest absolute Gasteiger partial charge is 0.129 e. The standard InChI is InChI=1S/C17H25N3S/c1-13(2)18-10-15-7-8-17(19-11-15)20(14(3)4)12-16-6-5-9-21-16/h5-9,11,13-14,18H,10,12H2,1-4H3. The van der Waals surface area contributed by atoms with Crippen molar-refractivity contribution in [1.29, 1.82) is 0 Å². The molecule has 0 radical (unpaired) electrons. The second-order valence-electron chi connectivity index (χ2n) is 5.86. The summed E-state index contributed by atoms with van der Waals surface area (Å²) in [5.74, 6) is 1.05. The Bertz CT molecular complexity index is 517. The molecular weight excluding hydrogens is 278 g/mol. The zero-order valence-corrected chi connectivity index (χ0v) is 14.2. The van der Waals surface area contributed by atoms with Crippen LogP contribution in [0.1, 0.15) is 38.1 Å². The number of aromatic nitrogens is 1. The monoisotopic (exact) mass is 303 g/mol. The molecule has 4 heteroatoms. The minimum atomic E-state index is 0.430. The zero-order valence-electron chi connectivity index (χ0n) is 13.3. The van der Waals surface area contributed by atoms with Gasteiger partial charge in [0.2, 0.25) is 0 Å². The van der Waals surface area contributed by atoms with Crippen molar-refractivity contribution in [3.05, 3.63) is 46.3 Å². The van der Waals surface area contributed by atoms with Gasteiger partial charge in [-0.3, -0.25) is 0 Å². The number of hydrogen-bond donors (Lipinski definition) is 1. The SMILES string of the molecule is CC(C)NCc1ccc(N(Cc2cccs2)C(C)C)nc1. The predicted octanol–water partition coefficient (Wildman–Crippen LogP) is 4.06. The van der Waals surface area contributed by atoms with Crippen LogP contribution < -0.4 is 10.2 Å². The third-order valence-corrected chi connectivity index (χ3v) is 4.21. The molecule has 0 aliphatic carbocycles. The highest BCUT2D eigenvalue weighted by Gasteiger charge is 2.13. The van der Waals surface area contributed by atoms with Gasteiger partial charge in [-0.15, -0.1) is 11.3 Å². The summed E-state index contributed by atoms with van der Waals surface area (Å²) in [7, 11) is 0. The first-order valence-electron chi connectivity index (χ1n) is 7.53. The van der Waals surface area contributed by atoms with E-state index in [-0.39, 0.29) is 0 Å². The van der Waals surface area contributed by atoms with Gasteiger partial charge in [-0.25, -0.2) is 4.98 Å². The summed E-state index contributed by atoms with van der Waals surface area (Å²) in [6.07, 6.45) is 1.98. The van der Waals surface area contributed by atoms with Gasteiger partial charge in [0.25, 0.3) is 0 Å². The third kappa shape index (κ3) is 4.83. The van der Waals surface area contributed by atoms with Crippen LogP contribution in [-0.2, 0) is 13.1 Å². The Balaban J connectivity index is 2.06. The molecular formula is C17H25N3S. The number of pyridine rings is 1. The maximum absolute atomic E-state index is 4.65. The molecule has 0 aliphatic heterocycles. The van der Waals surface area contributed by atoms with Crippen LogP contribution in [0.5, 0.6) is 0 Å². The van der Waals surface area contributed by atoms with Crippen molar-refractivity contribution in [2.75, 3.05) is 4.90 Å². The molecule has 114 valence electrons. The Morgan fingerprint density at radius 1 is 1.19 bits per heavy atom. The molecule has 2 aromatic rings. The van der Waals surface area contributed by atoms with E-state index in [2.05, 4.69) is 72.5 Å². The highest BCUT2D eigenvalue weighted by Crippen LogP contribution is 2.20. The number of anilines is 1. The first-order chi connectivity index (χ1) is 10.1. The maximum Gasteiger partial charge on any atom is 0.129 e. The van der Waals surface area contributed by atoms with Crippen molar-refractivity contribution in [2.24, 2.45) is 0 Å². The van der Waals surface area contributed by atoms with Crippen molar-refractivity contribution in [1.82, 2.24) is 10.3 Å². The molecule has 0 amide bonds. The van der Waals surface area contributed by atoms with Crippen LogP contribution in [0.25, 0.3) is 0 Å². The van der Waals surface area contributed by atoms with E-state index < -0.39 is 0 Å². The Hall–Kier alpha value is -1.39. The van der Waals surface area contributed by atoms with Crippen molar-refractivity contribution in [3.63, 3.8) is 0 Å². The van der Waals surface area contributed by atoms with Gasteiger partial charge in [0.15, 0.2) is 0 Å². The molecule has 0 spiro atoms. The van der Waals surface area contributed by atoms with Crippen molar-refractivity contribution >= 4 is 17.2 Å². The molecule has 0 aliphatic rings. The molecule has 0 atom stereocenters. The molecule has 0 saturated heterocycles. The maximum atomic E-state index is 4.65. The largest absolute Gasteiger partial charge is 0.349 e. The van der Waals surface area contributed by atoms with E-state index in [1.807, 2.05) is 6.20 Å². The van der Waals surface area contributed by atoms with Crippen LogP contribution >= 0.6 is 11.3 Å².